The van der Waals surface area contributed by atoms with Crippen molar-refractivity contribution in [3.63, 3.8) is 0 Å². The topological polar surface area (TPSA) is 90.0 Å². The minimum atomic E-state index is -3.86. The van der Waals surface area contributed by atoms with Crippen LogP contribution in [-0.2, 0) is 19.6 Å². The highest BCUT2D eigenvalue weighted by molar-refractivity contribution is 7.91. The van der Waals surface area contributed by atoms with E-state index in [4.69, 9.17) is 0 Å². The number of hydrogen-bond donors (Lipinski definition) is 1. The van der Waals surface area contributed by atoms with Crippen molar-refractivity contribution in [3.05, 3.63) is 41.3 Å². The van der Waals surface area contributed by atoms with E-state index in [0.29, 0.717) is 19.4 Å². The van der Waals surface area contributed by atoms with Gasteiger partial charge >= 0.3 is 0 Å². The third-order valence-electron chi connectivity index (χ3n) is 7.82. The number of hydrogen-bond acceptors (Lipinski definition) is 6. The molecule has 3 aliphatic rings. The summed E-state index contributed by atoms with van der Waals surface area (Å²) in [7, 11) is -3.86. The fraction of sp³-hybridized carbons (Fsp3) is 0.556. The maximum Gasteiger partial charge on any atom is 0.250 e. The second kappa shape index (κ2) is 11.2. The van der Waals surface area contributed by atoms with Gasteiger partial charge in [0.1, 0.15) is 10.3 Å². The van der Waals surface area contributed by atoms with E-state index in [-0.39, 0.29) is 28.6 Å². The molecule has 3 saturated heterocycles. The Labute approximate surface area is 223 Å². The van der Waals surface area contributed by atoms with E-state index in [1.54, 1.807) is 6.07 Å². The second-order valence-corrected chi connectivity index (χ2v) is 13.3. The van der Waals surface area contributed by atoms with Crippen molar-refractivity contribution in [3.8, 4) is 11.1 Å². The molecule has 1 aromatic carbocycles. The van der Waals surface area contributed by atoms with Gasteiger partial charge in [-0.3, -0.25) is 9.59 Å². The third-order valence-corrected chi connectivity index (χ3v) is 10.7. The number of benzene rings is 1. The van der Waals surface area contributed by atoms with Crippen molar-refractivity contribution in [1.82, 2.24) is 19.4 Å². The van der Waals surface area contributed by atoms with E-state index in [1.807, 2.05) is 41.5 Å². The minimum absolute atomic E-state index is 0.0179. The zero-order valence-corrected chi connectivity index (χ0v) is 23.0. The Bertz CT molecular complexity index is 1240. The van der Waals surface area contributed by atoms with Crippen molar-refractivity contribution in [2.24, 2.45) is 0 Å². The number of carbonyl (C=O) groups is 2. The minimum Gasteiger partial charge on any atom is -0.337 e. The average molecular weight is 545 g/mol. The molecule has 2 unspecified atom stereocenters. The van der Waals surface area contributed by atoms with Crippen LogP contribution in [0.3, 0.4) is 0 Å². The summed E-state index contributed by atoms with van der Waals surface area (Å²) in [5, 5.41) is 1.83. The standard InChI is InChI=1S/C27H36N4O4S2/c1-20-8-2-3-10-23(20)21-16-26(36-19-21)37(34,35)28-24-11-7-14-30(27(24)33)18-25(32)31-15-6-9-22(31)17-29-12-4-5-13-29/h2-3,8,10,16,19,22,24,28H,4-7,9,11-15,17-18H2,1H3. The van der Waals surface area contributed by atoms with Gasteiger partial charge in [-0.05, 0) is 86.7 Å². The fourth-order valence-corrected chi connectivity index (χ4v) is 8.24. The lowest BCUT2D eigenvalue weighted by Gasteiger charge is -2.34. The first-order chi connectivity index (χ1) is 17.8. The first-order valence-electron chi connectivity index (χ1n) is 13.3. The van der Waals surface area contributed by atoms with Crippen molar-refractivity contribution < 1.29 is 18.0 Å². The monoisotopic (exact) mass is 544 g/mol. The molecule has 3 aliphatic heterocycles. The highest BCUT2D eigenvalue weighted by Gasteiger charge is 2.36. The molecule has 2 aromatic rings. The Kier molecular flexibility index (Phi) is 7.99. The predicted molar refractivity (Wildman–Crippen MR) is 145 cm³/mol. The molecule has 2 amide bonds. The van der Waals surface area contributed by atoms with E-state index in [9.17, 15) is 18.0 Å². The molecule has 0 bridgehead atoms. The number of rotatable bonds is 8. The first-order valence-corrected chi connectivity index (χ1v) is 15.7. The van der Waals surface area contributed by atoms with E-state index in [0.717, 1.165) is 67.0 Å². The van der Waals surface area contributed by atoms with Crippen LogP contribution < -0.4 is 4.72 Å². The van der Waals surface area contributed by atoms with Gasteiger partial charge in [0.25, 0.3) is 10.0 Å². The molecule has 10 heteroatoms. The molecule has 8 nitrogen and oxygen atoms in total. The van der Waals surface area contributed by atoms with Crippen molar-refractivity contribution >= 4 is 33.2 Å². The maximum atomic E-state index is 13.2. The van der Waals surface area contributed by atoms with Gasteiger partial charge in [-0.25, -0.2) is 8.42 Å². The predicted octanol–water partition coefficient (Wildman–Crippen LogP) is 3.08. The van der Waals surface area contributed by atoms with Crippen molar-refractivity contribution in [2.75, 3.05) is 39.3 Å². The molecule has 2 atom stereocenters. The van der Waals surface area contributed by atoms with Gasteiger partial charge in [0.2, 0.25) is 11.8 Å². The summed E-state index contributed by atoms with van der Waals surface area (Å²) in [5.74, 6) is -0.339. The molecule has 3 fully saturated rings. The molecule has 37 heavy (non-hydrogen) atoms. The van der Waals surface area contributed by atoms with Crippen LogP contribution in [0.5, 0.6) is 0 Å². The lowest BCUT2D eigenvalue weighted by atomic mass is 10.0. The zero-order valence-electron chi connectivity index (χ0n) is 21.4. The Hall–Kier alpha value is -2.27. The Morgan fingerprint density at radius 2 is 1.81 bits per heavy atom. The number of aryl methyl sites for hydroxylation is 1. The molecule has 0 spiro atoms. The average Bonchev–Trinajstić information content (AvgIpc) is 3.64. The van der Waals surface area contributed by atoms with Gasteiger partial charge in [0, 0.05) is 25.7 Å². The number of nitrogens with zero attached hydrogens (tertiary/aromatic N) is 3. The van der Waals surface area contributed by atoms with Crippen LogP contribution in [0.4, 0.5) is 0 Å². The van der Waals surface area contributed by atoms with Crippen LogP contribution in [0.25, 0.3) is 11.1 Å². The molecule has 1 N–H and O–H groups in total. The Morgan fingerprint density at radius 3 is 2.59 bits per heavy atom. The summed E-state index contributed by atoms with van der Waals surface area (Å²) in [4.78, 5) is 32.4. The molecule has 1 aromatic heterocycles. The van der Waals surface area contributed by atoms with Gasteiger partial charge in [-0.2, -0.15) is 4.72 Å². The van der Waals surface area contributed by atoms with Crippen LogP contribution >= 0.6 is 11.3 Å². The molecule has 200 valence electrons. The first kappa shape index (κ1) is 26.3. The number of piperidine rings is 1. The summed E-state index contributed by atoms with van der Waals surface area (Å²) < 4.78 is 29.2. The summed E-state index contributed by atoms with van der Waals surface area (Å²) in [6.07, 6.45) is 5.52. The van der Waals surface area contributed by atoms with E-state index in [2.05, 4.69) is 9.62 Å². The smallest absolute Gasteiger partial charge is 0.250 e. The van der Waals surface area contributed by atoms with Gasteiger partial charge < -0.3 is 14.7 Å². The number of sulfonamides is 1. The number of amides is 2. The Balaban J connectivity index is 1.21. The summed E-state index contributed by atoms with van der Waals surface area (Å²) in [6, 6.07) is 8.87. The number of nitrogens with one attached hydrogen (secondary N) is 1. The maximum absolute atomic E-state index is 13.2. The highest BCUT2D eigenvalue weighted by atomic mass is 32.2. The van der Waals surface area contributed by atoms with Crippen LogP contribution in [0.2, 0.25) is 0 Å². The largest absolute Gasteiger partial charge is 0.337 e. The van der Waals surface area contributed by atoms with Crippen LogP contribution in [0, 0.1) is 6.92 Å². The lowest BCUT2D eigenvalue weighted by molar-refractivity contribution is -0.143. The highest BCUT2D eigenvalue weighted by Crippen LogP contribution is 2.31. The fourth-order valence-electron chi connectivity index (χ4n) is 5.82. The number of thiophene rings is 1. The lowest BCUT2D eigenvalue weighted by Crippen LogP contribution is -2.55. The SMILES string of the molecule is Cc1ccccc1-c1csc(S(=O)(=O)NC2CCCN(CC(=O)N3CCCC3CN3CCCC3)C2=O)c1. The molecular formula is C27H36N4O4S2. The van der Waals surface area contributed by atoms with Gasteiger partial charge in [-0.1, -0.05) is 24.3 Å². The molecular weight excluding hydrogens is 508 g/mol. The molecule has 0 saturated carbocycles. The van der Waals surface area contributed by atoms with E-state index < -0.39 is 16.1 Å². The van der Waals surface area contributed by atoms with Crippen LogP contribution in [0.1, 0.15) is 44.1 Å². The zero-order chi connectivity index (χ0) is 26.0. The van der Waals surface area contributed by atoms with Gasteiger partial charge in [0.15, 0.2) is 0 Å². The molecule has 4 heterocycles. The molecule has 0 radical (unpaired) electrons. The molecule has 0 aliphatic carbocycles. The summed E-state index contributed by atoms with van der Waals surface area (Å²) in [5.41, 5.74) is 2.91. The van der Waals surface area contributed by atoms with Crippen molar-refractivity contribution in [1.29, 1.82) is 0 Å². The Morgan fingerprint density at radius 1 is 1.05 bits per heavy atom. The second-order valence-electron chi connectivity index (χ2n) is 10.4. The van der Waals surface area contributed by atoms with Gasteiger partial charge in [0.05, 0.1) is 6.54 Å². The summed E-state index contributed by atoms with van der Waals surface area (Å²) in [6.45, 7) is 6.33. The van der Waals surface area contributed by atoms with E-state index in [1.165, 1.54) is 17.7 Å². The number of likely N-dealkylation sites (tertiary alicyclic amines) is 3. The number of carbonyl (C=O) groups excluding carboxylic acids is 2. The van der Waals surface area contributed by atoms with E-state index >= 15 is 0 Å². The van der Waals surface area contributed by atoms with Gasteiger partial charge in [-0.15, -0.1) is 11.3 Å². The normalized spacial score (nSPS) is 23.2. The van der Waals surface area contributed by atoms with Crippen LogP contribution in [0.15, 0.2) is 39.9 Å². The van der Waals surface area contributed by atoms with Crippen molar-refractivity contribution in [2.45, 2.75) is 61.7 Å². The third kappa shape index (κ3) is 5.92. The molecule has 5 rings (SSSR count). The summed E-state index contributed by atoms with van der Waals surface area (Å²) >= 11 is 1.15. The quantitative estimate of drug-likeness (QED) is 0.552. The van der Waals surface area contributed by atoms with Crippen LogP contribution in [-0.4, -0.2) is 86.3 Å².